The third-order valence-corrected chi connectivity index (χ3v) is 3.35. The van der Waals surface area contributed by atoms with Gasteiger partial charge in [-0.05, 0) is 41.0 Å². The normalized spacial score (nSPS) is 12.7. The molecular weight excluding hydrogens is 273 g/mol. The molecule has 0 saturated heterocycles. The Morgan fingerprint density at radius 3 is 2.71 bits per heavy atom. The fourth-order valence-corrected chi connectivity index (χ4v) is 2.24. The standard InChI is InChI=1S/C16H16FNO3/c17-14-3-2-12(7-18)13(6-14)9-19-8-11-1-4-15-16(5-11)21-10-20-15/h1-6H,7-10,18H2. The highest BCUT2D eigenvalue weighted by atomic mass is 19.1. The van der Waals surface area contributed by atoms with Gasteiger partial charge in [-0.2, -0.15) is 0 Å². The first-order valence-electron chi connectivity index (χ1n) is 6.70. The Labute approximate surface area is 122 Å². The molecule has 0 fully saturated rings. The Kier molecular flexibility index (Phi) is 4.03. The molecule has 0 unspecified atom stereocenters. The van der Waals surface area contributed by atoms with Crippen LogP contribution < -0.4 is 15.2 Å². The van der Waals surface area contributed by atoms with Crippen LogP contribution in [-0.2, 0) is 24.5 Å². The minimum Gasteiger partial charge on any atom is -0.454 e. The molecule has 0 spiro atoms. The zero-order valence-corrected chi connectivity index (χ0v) is 11.5. The summed E-state index contributed by atoms with van der Waals surface area (Å²) in [5.41, 5.74) is 8.28. The molecule has 1 heterocycles. The molecule has 3 rings (SSSR count). The summed E-state index contributed by atoms with van der Waals surface area (Å²) in [4.78, 5) is 0. The molecule has 0 amide bonds. The van der Waals surface area contributed by atoms with E-state index in [1.807, 2.05) is 18.2 Å². The van der Waals surface area contributed by atoms with Crippen LogP contribution in [0.25, 0.3) is 0 Å². The number of nitrogens with two attached hydrogens (primary N) is 1. The van der Waals surface area contributed by atoms with Crippen LogP contribution >= 0.6 is 0 Å². The van der Waals surface area contributed by atoms with E-state index in [2.05, 4.69) is 0 Å². The lowest BCUT2D eigenvalue weighted by Gasteiger charge is -2.09. The van der Waals surface area contributed by atoms with Crippen molar-refractivity contribution >= 4 is 0 Å². The van der Waals surface area contributed by atoms with Gasteiger partial charge in [0.05, 0.1) is 13.2 Å². The minimum absolute atomic E-state index is 0.253. The monoisotopic (exact) mass is 289 g/mol. The van der Waals surface area contributed by atoms with Gasteiger partial charge in [0.1, 0.15) is 5.82 Å². The molecule has 1 aliphatic heterocycles. The SMILES string of the molecule is NCc1ccc(F)cc1COCc1ccc2c(c1)OCO2. The Morgan fingerprint density at radius 1 is 1.00 bits per heavy atom. The summed E-state index contributed by atoms with van der Waals surface area (Å²) in [7, 11) is 0. The average molecular weight is 289 g/mol. The van der Waals surface area contributed by atoms with Crippen LogP contribution in [0.15, 0.2) is 36.4 Å². The van der Waals surface area contributed by atoms with E-state index in [1.54, 1.807) is 6.07 Å². The van der Waals surface area contributed by atoms with E-state index < -0.39 is 0 Å². The molecule has 0 atom stereocenters. The molecule has 2 aromatic rings. The molecule has 21 heavy (non-hydrogen) atoms. The lowest BCUT2D eigenvalue weighted by atomic mass is 10.1. The highest BCUT2D eigenvalue weighted by Crippen LogP contribution is 2.32. The van der Waals surface area contributed by atoms with Crippen LogP contribution in [-0.4, -0.2) is 6.79 Å². The first-order valence-corrected chi connectivity index (χ1v) is 6.70. The van der Waals surface area contributed by atoms with Crippen molar-refractivity contribution in [3.05, 3.63) is 58.9 Å². The molecule has 110 valence electrons. The van der Waals surface area contributed by atoms with Crippen molar-refractivity contribution in [1.82, 2.24) is 0 Å². The van der Waals surface area contributed by atoms with Crippen molar-refractivity contribution in [2.75, 3.05) is 6.79 Å². The summed E-state index contributed by atoms with van der Waals surface area (Å²) in [6.07, 6.45) is 0. The van der Waals surface area contributed by atoms with Gasteiger partial charge in [-0.25, -0.2) is 4.39 Å². The molecule has 1 aliphatic rings. The summed E-state index contributed by atoms with van der Waals surface area (Å²) >= 11 is 0. The molecule has 0 radical (unpaired) electrons. The van der Waals surface area contributed by atoms with Crippen LogP contribution in [0.3, 0.4) is 0 Å². The van der Waals surface area contributed by atoms with Gasteiger partial charge >= 0.3 is 0 Å². The fraction of sp³-hybridized carbons (Fsp3) is 0.250. The smallest absolute Gasteiger partial charge is 0.231 e. The Hall–Kier alpha value is -2.11. The number of halogens is 1. The number of hydrogen-bond donors (Lipinski definition) is 1. The van der Waals surface area contributed by atoms with Gasteiger partial charge in [0.25, 0.3) is 0 Å². The first-order chi connectivity index (χ1) is 10.3. The second-order valence-corrected chi connectivity index (χ2v) is 4.80. The van der Waals surface area contributed by atoms with Gasteiger partial charge in [0.15, 0.2) is 11.5 Å². The lowest BCUT2D eigenvalue weighted by Crippen LogP contribution is -2.04. The lowest BCUT2D eigenvalue weighted by molar-refractivity contribution is 0.106. The zero-order valence-electron chi connectivity index (χ0n) is 11.5. The van der Waals surface area contributed by atoms with Crippen molar-refractivity contribution in [1.29, 1.82) is 0 Å². The number of rotatable bonds is 5. The zero-order chi connectivity index (χ0) is 14.7. The average Bonchev–Trinajstić information content (AvgIpc) is 2.95. The Morgan fingerprint density at radius 2 is 1.86 bits per heavy atom. The van der Waals surface area contributed by atoms with E-state index >= 15 is 0 Å². The predicted molar refractivity (Wildman–Crippen MR) is 75.3 cm³/mol. The van der Waals surface area contributed by atoms with Crippen molar-refractivity contribution in [2.24, 2.45) is 5.73 Å². The van der Waals surface area contributed by atoms with Gasteiger partial charge in [-0.1, -0.05) is 12.1 Å². The van der Waals surface area contributed by atoms with Crippen LogP contribution in [0, 0.1) is 5.82 Å². The molecule has 2 aromatic carbocycles. The molecule has 4 nitrogen and oxygen atoms in total. The maximum atomic E-state index is 13.3. The third kappa shape index (κ3) is 3.15. The van der Waals surface area contributed by atoms with Gasteiger partial charge in [0, 0.05) is 6.54 Å². The van der Waals surface area contributed by atoms with Crippen LogP contribution in [0.5, 0.6) is 11.5 Å². The third-order valence-electron chi connectivity index (χ3n) is 3.35. The minimum atomic E-state index is -0.283. The molecule has 0 aliphatic carbocycles. The number of benzene rings is 2. The summed E-state index contributed by atoms with van der Waals surface area (Å²) in [5.74, 6) is 1.19. The van der Waals surface area contributed by atoms with Gasteiger partial charge in [-0.15, -0.1) is 0 Å². The van der Waals surface area contributed by atoms with E-state index in [1.165, 1.54) is 12.1 Å². The summed E-state index contributed by atoms with van der Waals surface area (Å²) < 4.78 is 29.5. The Bertz CT molecular complexity index is 645. The summed E-state index contributed by atoms with van der Waals surface area (Å²) in [5, 5.41) is 0. The number of ether oxygens (including phenoxy) is 3. The molecule has 0 saturated carbocycles. The second-order valence-electron chi connectivity index (χ2n) is 4.80. The summed E-state index contributed by atoms with van der Waals surface area (Å²) in [6, 6.07) is 10.2. The Balaban J connectivity index is 1.62. The van der Waals surface area contributed by atoms with Crippen LogP contribution in [0.1, 0.15) is 16.7 Å². The highest BCUT2D eigenvalue weighted by Gasteiger charge is 2.13. The molecule has 2 N–H and O–H groups in total. The maximum Gasteiger partial charge on any atom is 0.231 e. The van der Waals surface area contributed by atoms with E-state index in [0.29, 0.717) is 19.8 Å². The second kappa shape index (κ2) is 6.11. The largest absolute Gasteiger partial charge is 0.454 e. The van der Waals surface area contributed by atoms with Crippen molar-refractivity contribution in [3.63, 3.8) is 0 Å². The fourth-order valence-electron chi connectivity index (χ4n) is 2.24. The van der Waals surface area contributed by atoms with E-state index in [-0.39, 0.29) is 12.6 Å². The maximum absolute atomic E-state index is 13.3. The van der Waals surface area contributed by atoms with Crippen molar-refractivity contribution < 1.29 is 18.6 Å². The van der Waals surface area contributed by atoms with E-state index in [9.17, 15) is 4.39 Å². The molecule has 5 heteroatoms. The van der Waals surface area contributed by atoms with Crippen LogP contribution in [0.4, 0.5) is 4.39 Å². The van der Waals surface area contributed by atoms with Crippen LogP contribution in [0.2, 0.25) is 0 Å². The van der Waals surface area contributed by atoms with E-state index in [0.717, 1.165) is 28.2 Å². The number of fused-ring (bicyclic) bond motifs is 1. The van der Waals surface area contributed by atoms with Crippen molar-refractivity contribution in [2.45, 2.75) is 19.8 Å². The van der Waals surface area contributed by atoms with Gasteiger partial charge in [-0.3, -0.25) is 0 Å². The quantitative estimate of drug-likeness (QED) is 0.919. The molecule has 0 bridgehead atoms. The molecular formula is C16H16FNO3. The highest BCUT2D eigenvalue weighted by molar-refractivity contribution is 5.44. The predicted octanol–water partition coefficient (Wildman–Crippen LogP) is 2.73. The van der Waals surface area contributed by atoms with Gasteiger partial charge < -0.3 is 19.9 Å². The summed E-state index contributed by atoms with van der Waals surface area (Å²) in [6.45, 7) is 1.35. The van der Waals surface area contributed by atoms with Crippen molar-refractivity contribution in [3.8, 4) is 11.5 Å². The molecule has 0 aromatic heterocycles. The van der Waals surface area contributed by atoms with E-state index in [4.69, 9.17) is 19.9 Å². The number of hydrogen-bond acceptors (Lipinski definition) is 4. The topological polar surface area (TPSA) is 53.7 Å². The van der Waals surface area contributed by atoms with Gasteiger partial charge in [0.2, 0.25) is 6.79 Å². The first kappa shape index (κ1) is 13.9.